The fourth-order valence-corrected chi connectivity index (χ4v) is 0.650. The lowest BCUT2D eigenvalue weighted by molar-refractivity contribution is 0.507. The van der Waals surface area contributed by atoms with Gasteiger partial charge in [-0.25, -0.2) is 0 Å². The predicted molar refractivity (Wildman–Crippen MR) is 48.7 cm³/mol. The van der Waals surface area contributed by atoms with Gasteiger partial charge in [-0.3, -0.25) is 0 Å². The number of rotatable bonds is 1. The number of nitrogens with zero attached hydrogens (tertiary/aromatic N) is 2. The molecule has 0 fully saturated rings. The van der Waals surface area contributed by atoms with Crippen molar-refractivity contribution in [1.82, 2.24) is 0 Å². The Balaban J connectivity index is 0.000000671. The third-order valence-electron chi connectivity index (χ3n) is 1.15. The number of nitriles is 2. The maximum absolute atomic E-state index is 8.40. The van der Waals surface area contributed by atoms with E-state index in [-0.39, 0.29) is 0 Å². The van der Waals surface area contributed by atoms with Crippen molar-refractivity contribution in [2.45, 2.75) is 13.8 Å². The molecule has 1 aromatic rings. The fourth-order valence-electron chi connectivity index (χ4n) is 0.650. The molecule has 0 atom stereocenters. The van der Waals surface area contributed by atoms with Gasteiger partial charge < -0.3 is 4.74 Å². The van der Waals surface area contributed by atoms with E-state index in [2.05, 4.69) is 4.74 Å². The van der Waals surface area contributed by atoms with Gasteiger partial charge >= 0.3 is 0 Å². The number of benzene rings is 1. The molecule has 0 heterocycles. The van der Waals surface area contributed by atoms with Crippen LogP contribution in [0.3, 0.4) is 0 Å². The molecule has 0 spiro atoms. The minimum absolute atomic E-state index is 0.450. The highest BCUT2D eigenvalue weighted by Crippen LogP contribution is 2.10. The molecule has 0 unspecified atom stereocenters. The van der Waals surface area contributed by atoms with Crippen LogP contribution in [-0.4, -0.2) is 0 Å². The molecule has 3 heteroatoms. The Hall–Kier alpha value is -2.00. The highest BCUT2D eigenvalue weighted by molar-refractivity contribution is 5.34. The van der Waals surface area contributed by atoms with Crippen LogP contribution in [0.2, 0.25) is 0 Å². The lowest BCUT2D eigenvalue weighted by Crippen LogP contribution is -1.80. The molecule has 0 radical (unpaired) electrons. The Morgan fingerprint density at radius 1 is 1.08 bits per heavy atom. The maximum atomic E-state index is 8.40. The van der Waals surface area contributed by atoms with Crippen molar-refractivity contribution in [1.29, 1.82) is 10.5 Å². The van der Waals surface area contributed by atoms with Gasteiger partial charge in [-0.05, 0) is 24.3 Å². The average Bonchev–Trinajstić information content (AvgIpc) is 2.23. The van der Waals surface area contributed by atoms with Crippen LogP contribution in [0.25, 0.3) is 0 Å². The van der Waals surface area contributed by atoms with Crippen LogP contribution in [0, 0.1) is 22.8 Å². The zero-order chi connectivity index (χ0) is 10.1. The molecular weight excluding hydrogens is 164 g/mol. The summed E-state index contributed by atoms with van der Waals surface area (Å²) >= 11 is 0. The molecule has 0 aromatic heterocycles. The topological polar surface area (TPSA) is 56.8 Å². The third kappa shape index (κ3) is 3.79. The lowest BCUT2D eigenvalue weighted by Gasteiger charge is -1.92. The number of hydrogen-bond acceptors (Lipinski definition) is 3. The van der Waals surface area contributed by atoms with Gasteiger partial charge in [-0.1, -0.05) is 13.8 Å². The van der Waals surface area contributed by atoms with E-state index in [9.17, 15) is 0 Å². The minimum Gasteiger partial charge on any atom is -0.388 e. The Bertz CT molecular complexity index is 316. The Morgan fingerprint density at radius 3 is 2.00 bits per heavy atom. The van der Waals surface area contributed by atoms with Crippen LogP contribution < -0.4 is 4.74 Å². The smallest absolute Gasteiger partial charge is 0.292 e. The predicted octanol–water partition coefficient (Wildman–Crippen LogP) is 2.44. The summed E-state index contributed by atoms with van der Waals surface area (Å²) in [6, 6.07) is 8.28. The normalized spacial score (nSPS) is 7.08. The Labute approximate surface area is 77.8 Å². The second-order valence-electron chi connectivity index (χ2n) is 1.83. The molecular formula is C10H10N2O. The first-order valence-electron chi connectivity index (χ1n) is 3.93. The monoisotopic (exact) mass is 174 g/mol. The molecule has 0 saturated heterocycles. The van der Waals surface area contributed by atoms with Gasteiger partial charge in [0.05, 0.1) is 11.6 Å². The summed E-state index contributed by atoms with van der Waals surface area (Å²) in [7, 11) is 0. The van der Waals surface area contributed by atoms with E-state index in [1.807, 2.05) is 19.9 Å². The van der Waals surface area contributed by atoms with Gasteiger partial charge in [0.1, 0.15) is 5.75 Å². The van der Waals surface area contributed by atoms with E-state index in [4.69, 9.17) is 10.5 Å². The highest BCUT2D eigenvalue weighted by atomic mass is 16.5. The van der Waals surface area contributed by atoms with E-state index in [1.165, 1.54) is 6.26 Å². The average molecular weight is 174 g/mol. The van der Waals surface area contributed by atoms with Gasteiger partial charge in [-0.15, -0.1) is 5.26 Å². The SMILES string of the molecule is CC.N#COc1ccc(C#N)cc1. The van der Waals surface area contributed by atoms with E-state index in [0.29, 0.717) is 11.3 Å². The second-order valence-corrected chi connectivity index (χ2v) is 1.83. The van der Waals surface area contributed by atoms with Crippen LogP contribution in [0.4, 0.5) is 0 Å². The minimum atomic E-state index is 0.450. The van der Waals surface area contributed by atoms with Crippen molar-refractivity contribution in [2.24, 2.45) is 0 Å². The first-order valence-corrected chi connectivity index (χ1v) is 3.93. The van der Waals surface area contributed by atoms with Gasteiger partial charge in [0.25, 0.3) is 6.26 Å². The molecule has 0 bridgehead atoms. The van der Waals surface area contributed by atoms with Crippen LogP contribution in [0.1, 0.15) is 19.4 Å². The molecule has 1 rings (SSSR count). The summed E-state index contributed by atoms with van der Waals surface area (Å²) < 4.78 is 4.50. The molecule has 0 saturated carbocycles. The fraction of sp³-hybridized carbons (Fsp3) is 0.200. The molecule has 66 valence electrons. The van der Waals surface area contributed by atoms with E-state index in [1.54, 1.807) is 24.3 Å². The molecule has 0 aliphatic heterocycles. The highest BCUT2D eigenvalue weighted by Gasteiger charge is 1.91. The summed E-state index contributed by atoms with van der Waals surface area (Å²) in [6.45, 7) is 4.00. The largest absolute Gasteiger partial charge is 0.388 e. The van der Waals surface area contributed by atoms with Gasteiger partial charge in [0.2, 0.25) is 0 Å². The summed E-state index contributed by atoms with van der Waals surface area (Å²) in [5.74, 6) is 0.450. The summed E-state index contributed by atoms with van der Waals surface area (Å²) in [6.07, 6.45) is 1.54. The quantitative estimate of drug-likeness (QED) is 0.614. The van der Waals surface area contributed by atoms with Crippen molar-refractivity contribution < 1.29 is 4.74 Å². The maximum Gasteiger partial charge on any atom is 0.292 e. The van der Waals surface area contributed by atoms with Crippen LogP contribution in [-0.2, 0) is 0 Å². The molecule has 0 amide bonds. The molecule has 0 aliphatic carbocycles. The molecule has 0 N–H and O–H groups in total. The van der Waals surface area contributed by atoms with Crippen molar-refractivity contribution in [2.75, 3.05) is 0 Å². The lowest BCUT2D eigenvalue weighted by atomic mass is 10.2. The van der Waals surface area contributed by atoms with Gasteiger partial charge in [-0.2, -0.15) is 5.26 Å². The summed E-state index contributed by atoms with van der Waals surface area (Å²) in [5.41, 5.74) is 0.551. The standard InChI is InChI=1S/C8H4N2O.C2H6/c9-5-7-1-3-8(4-2-7)11-6-10;1-2/h1-4H;1-2H3. The van der Waals surface area contributed by atoms with Crippen molar-refractivity contribution >= 4 is 0 Å². The van der Waals surface area contributed by atoms with Crippen molar-refractivity contribution in [3.63, 3.8) is 0 Å². The molecule has 0 aliphatic rings. The number of hydrogen-bond donors (Lipinski definition) is 0. The Kier molecular flexibility index (Phi) is 5.66. The van der Waals surface area contributed by atoms with Crippen LogP contribution >= 0.6 is 0 Å². The van der Waals surface area contributed by atoms with Crippen LogP contribution in [0.5, 0.6) is 5.75 Å². The first-order chi connectivity index (χ1) is 6.36. The second kappa shape index (κ2) is 6.69. The zero-order valence-corrected chi connectivity index (χ0v) is 7.61. The van der Waals surface area contributed by atoms with Crippen LogP contribution in [0.15, 0.2) is 24.3 Å². The summed E-state index contributed by atoms with van der Waals surface area (Å²) in [5, 5.41) is 16.5. The van der Waals surface area contributed by atoms with Crippen molar-refractivity contribution in [3.8, 4) is 18.1 Å². The van der Waals surface area contributed by atoms with E-state index in [0.717, 1.165) is 0 Å². The molecule has 13 heavy (non-hydrogen) atoms. The summed E-state index contributed by atoms with van der Waals surface area (Å²) in [4.78, 5) is 0. The van der Waals surface area contributed by atoms with E-state index < -0.39 is 0 Å². The number of ether oxygens (including phenoxy) is 1. The molecule has 1 aromatic carbocycles. The molecule has 3 nitrogen and oxygen atoms in total. The zero-order valence-electron chi connectivity index (χ0n) is 7.61. The Morgan fingerprint density at radius 2 is 1.62 bits per heavy atom. The van der Waals surface area contributed by atoms with Gasteiger partial charge in [0.15, 0.2) is 0 Å². The van der Waals surface area contributed by atoms with E-state index >= 15 is 0 Å². The third-order valence-corrected chi connectivity index (χ3v) is 1.15. The van der Waals surface area contributed by atoms with Gasteiger partial charge in [0, 0.05) is 0 Å². The first kappa shape index (κ1) is 11.0. The van der Waals surface area contributed by atoms with Crippen molar-refractivity contribution in [3.05, 3.63) is 29.8 Å².